The third-order valence-corrected chi connectivity index (χ3v) is 12.0. The van der Waals surface area contributed by atoms with Crippen LogP contribution in [0.5, 0.6) is 0 Å². The Balaban J connectivity index is 2.15. The highest BCUT2D eigenvalue weighted by Crippen LogP contribution is 2.37. The molecule has 1 heterocycles. The molecule has 1 saturated heterocycles. The molecule has 146 valence electrons. The summed E-state index contributed by atoms with van der Waals surface area (Å²) in [6, 6.07) is 5.54. The van der Waals surface area contributed by atoms with Crippen molar-refractivity contribution >= 4 is 30.9 Å². The predicted octanol–water partition coefficient (Wildman–Crippen LogP) is 1.54. The van der Waals surface area contributed by atoms with Gasteiger partial charge in [0.25, 0.3) is 0 Å². The van der Waals surface area contributed by atoms with Crippen LogP contribution >= 0.6 is 0 Å². The minimum absolute atomic E-state index is 0.0796. The van der Waals surface area contributed by atoms with Gasteiger partial charge < -0.3 is 14.5 Å². The van der Waals surface area contributed by atoms with Crippen LogP contribution in [-0.4, -0.2) is 57.4 Å². The van der Waals surface area contributed by atoms with E-state index in [4.69, 9.17) is 14.5 Å². The second-order valence-corrected chi connectivity index (χ2v) is 15.1. The molecule has 1 aromatic carbocycles. The highest BCUT2D eigenvalue weighted by atomic mass is 32.2. The second kappa shape index (κ2) is 7.73. The van der Waals surface area contributed by atoms with Crippen LogP contribution in [0.1, 0.15) is 33.6 Å². The fourth-order valence-electron chi connectivity index (χ4n) is 2.76. The number of hydrogen-bond donors (Lipinski definition) is 2. The van der Waals surface area contributed by atoms with Gasteiger partial charge in [-0.15, -0.1) is 0 Å². The molecule has 26 heavy (non-hydrogen) atoms. The van der Waals surface area contributed by atoms with E-state index in [0.29, 0.717) is 13.2 Å². The largest absolute Gasteiger partial charge is 0.488 e. The van der Waals surface area contributed by atoms with Crippen LogP contribution in [-0.2, 0) is 14.4 Å². The third-order valence-electron chi connectivity index (χ3n) is 5.55. The van der Waals surface area contributed by atoms with E-state index in [1.54, 1.807) is 0 Å². The first kappa shape index (κ1) is 21.6. The van der Waals surface area contributed by atoms with E-state index in [1.165, 1.54) is 28.6 Å². The van der Waals surface area contributed by atoms with Gasteiger partial charge in [0.15, 0.2) is 8.32 Å². The van der Waals surface area contributed by atoms with Gasteiger partial charge in [-0.2, -0.15) is 4.31 Å². The van der Waals surface area contributed by atoms with Crippen LogP contribution in [0.4, 0.5) is 0 Å². The molecule has 0 aliphatic carbocycles. The minimum Gasteiger partial charge on any atom is -0.423 e. The van der Waals surface area contributed by atoms with Crippen molar-refractivity contribution in [2.75, 3.05) is 13.2 Å². The van der Waals surface area contributed by atoms with Gasteiger partial charge in [-0.3, -0.25) is 0 Å². The van der Waals surface area contributed by atoms with Gasteiger partial charge in [0.2, 0.25) is 10.0 Å². The monoisotopic (exact) mass is 399 g/mol. The van der Waals surface area contributed by atoms with Crippen molar-refractivity contribution in [2.45, 2.75) is 62.7 Å². The van der Waals surface area contributed by atoms with E-state index in [1.807, 2.05) is 0 Å². The summed E-state index contributed by atoms with van der Waals surface area (Å²) in [5, 5.41) is 18.4. The summed E-state index contributed by atoms with van der Waals surface area (Å²) in [7, 11) is -7.17. The average molecular weight is 399 g/mol. The molecule has 1 fully saturated rings. The zero-order valence-corrected chi connectivity index (χ0v) is 18.1. The maximum Gasteiger partial charge on any atom is 0.488 e. The van der Waals surface area contributed by atoms with Gasteiger partial charge in [-0.25, -0.2) is 8.42 Å². The molecule has 0 amide bonds. The Labute approximate surface area is 158 Å². The highest BCUT2D eigenvalue weighted by Gasteiger charge is 2.40. The number of benzene rings is 1. The SMILES string of the molecule is CC(C)(C)[Si](C)(C)OCC1CCCN1S(=O)(=O)c1ccc(B(O)O)cc1. The molecule has 0 radical (unpaired) electrons. The number of nitrogens with zero attached hydrogens (tertiary/aromatic N) is 1. The number of hydrogen-bond acceptors (Lipinski definition) is 5. The van der Waals surface area contributed by atoms with Crippen LogP contribution in [0.2, 0.25) is 18.1 Å². The zero-order valence-electron chi connectivity index (χ0n) is 16.3. The molecule has 0 spiro atoms. The van der Waals surface area contributed by atoms with Crippen LogP contribution in [0, 0.1) is 0 Å². The minimum atomic E-state index is -3.63. The van der Waals surface area contributed by atoms with Gasteiger partial charge in [0.1, 0.15) is 0 Å². The summed E-state index contributed by atoms with van der Waals surface area (Å²) in [5.41, 5.74) is 0.267. The standard InChI is InChI=1S/C17H30BNO5SSi/c1-17(2,3)26(4,5)24-13-15-7-6-12-19(15)25(22,23)16-10-8-14(9-11-16)18(20)21/h8-11,15,20-21H,6-7,12-13H2,1-5H3. The molecule has 9 heteroatoms. The normalized spacial score (nSPS) is 19.7. The number of sulfonamides is 1. The molecule has 1 aliphatic rings. The summed E-state index contributed by atoms with van der Waals surface area (Å²) >= 11 is 0. The smallest absolute Gasteiger partial charge is 0.423 e. The van der Waals surface area contributed by atoms with Crippen LogP contribution in [0.3, 0.4) is 0 Å². The summed E-state index contributed by atoms with van der Waals surface area (Å²) in [6.45, 7) is 11.7. The third kappa shape index (κ3) is 4.58. The van der Waals surface area contributed by atoms with Crippen molar-refractivity contribution in [3.63, 3.8) is 0 Å². The quantitative estimate of drug-likeness (QED) is 0.709. The van der Waals surface area contributed by atoms with Gasteiger partial charge in [0.05, 0.1) is 11.5 Å². The molecule has 1 aromatic rings. The van der Waals surface area contributed by atoms with Crippen LogP contribution < -0.4 is 5.46 Å². The fraction of sp³-hybridized carbons (Fsp3) is 0.647. The summed E-state index contributed by atoms with van der Waals surface area (Å²) in [6.07, 6.45) is 1.61. The first-order valence-electron chi connectivity index (χ1n) is 8.98. The van der Waals surface area contributed by atoms with E-state index < -0.39 is 25.5 Å². The molecule has 0 aromatic heterocycles. The molecule has 2 rings (SSSR count). The Morgan fingerprint density at radius 1 is 1.23 bits per heavy atom. The van der Waals surface area contributed by atoms with E-state index in [2.05, 4.69) is 33.9 Å². The van der Waals surface area contributed by atoms with Gasteiger partial charge in [0, 0.05) is 12.6 Å². The Kier molecular flexibility index (Phi) is 6.42. The maximum atomic E-state index is 13.0. The van der Waals surface area contributed by atoms with Crippen LogP contribution in [0.25, 0.3) is 0 Å². The lowest BCUT2D eigenvalue weighted by Crippen LogP contribution is -2.45. The second-order valence-electron chi connectivity index (χ2n) is 8.43. The summed E-state index contributed by atoms with van der Waals surface area (Å²) in [4.78, 5) is 0.168. The molecule has 1 atom stereocenters. The molecule has 0 bridgehead atoms. The van der Waals surface area contributed by atoms with E-state index in [9.17, 15) is 8.42 Å². The Hall–Kier alpha value is -0.708. The summed E-state index contributed by atoms with van der Waals surface area (Å²) in [5.74, 6) is 0. The van der Waals surface area contributed by atoms with E-state index in [-0.39, 0.29) is 21.4 Å². The number of rotatable bonds is 6. The highest BCUT2D eigenvalue weighted by molar-refractivity contribution is 7.89. The lowest BCUT2D eigenvalue weighted by atomic mass is 9.81. The van der Waals surface area contributed by atoms with Crippen molar-refractivity contribution < 1.29 is 22.9 Å². The van der Waals surface area contributed by atoms with Crippen LogP contribution in [0.15, 0.2) is 29.2 Å². The van der Waals surface area contributed by atoms with Crippen molar-refractivity contribution in [1.29, 1.82) is 0 Å². The lowest BCUT2D eigenvalue weighted by Gasteiger charge is -2.37. The zero-order chi connectivity index (χ0) is 19.8. The first-order chi connectivity index (χ1) is 11.9. The van der Waals surface area contributed by atoms with Crippen molar-refractivity contribution in [2.24, 2.45) is 0 Å². The van der Waals surface area contributed by atoms with Gasteiger partial charge >= 0.3 is 7.12 Å². The molecule has 1 aliphatic heterocycles. The van der Waals surface area contributed by atoms with Crippen molar-refractivity contribution in [1.82, 2.24) is 4.31 Å². The van der Waals surface area contributed by atoms with E-state index in [0.717, 1.165) is 12.8 Å². The Bertz CT molecular complexity index is 716. The van der Waals surface area contributed by atoms with Gasteiger partial charge in [-0.1, -0.05) is 32.9 Å². The summed E-state index contributed by atoms with van der Waals surface area (Å²) < 4.78 is 33.8. The topological polar surface area (TPSA) is 87.1 Å². The first-order valence-corrected chi connectivity index (χ1v) is 13.3. The lowest BCUT2D eigenvalue weighted by molar-refractivity contribution is 0.215. The van der Waals surface area contributed by atoms with Gasteiger partial charge in [-0.05, 0) is 48.6 Å². The van der Waals surface area contributed by atoms with Crippen molar-refractivity contribution in [3.05, 3.63) is 24.3 Å². The Morgan fingerprint density at radius 2 is 1.81 bits per heavy atom. The molecule has 2 N–H and O–H groups in total. The van der Waals surface area contributed by atoms with E-state index >= 15 is 0 Å². The molecular weight excluding hydrogens is 369 g/mol. The molecule has 0 saturated carbocycles. The van der Waals surface area contributed by atoms with Crippen molar-refractivity contribution in [3.8, 4) is 0 Å². The molecule has 1 unspecified atom stereocenters. The molecular formula is C17H30BNO5SSi. The maximum absolute atomic E-state index is 13.0. The predicted molar refractivity (Wildman–Crippen MR) is 106 cm³/mol. The Morgan fingerprint density at radius 3 is 2.31 bits per heavy atom. The average Bonchev–Trinajstić information content (AvgIpc) is 3.01. The molecule has 6 nitrogen and oxygen atoms in total. The fourth-order valence-corrected chi connectivity index (χ4v) is 5.48.